The van der Waals surface area contributed by atoms with Gasteiger partial charge >= 0.3 is 0 Å². The number of hydrogen-bond acceptors (Lipinski definition) is 3. The van der Waals surface area contributed by atoms with Crippen molar-refractivity contribution in [2.75, 3.05) is 12.4 Å². The number of benzene rings is 2. The number of ether oxygens (including phenoxy) is 1. The minimum Gasteiger partial charge on any atom is -0.489 e. The zero-order chi connectivity index (χ0) is 16.9. The molecule has 5 heteroatoms. The molecule has 0 amide bonds. The van der Waals surface area contributed by atoms with E-state index in [9.17, 15) is 0 Å². The third kappa shape index (κ3) is 4.08. The van der Waals surface area contributed by atoms with E-state index < -0.39 is 0 Å². The van der Waals surface area contributed by atoms with Gasteiger partial charge in [0.2, 0.25) is 0 Å². The second-order valence-electron chi connectivity index (χ2n) is 5.60. The third-order valence-electron chi connectivity index (χ3n) is 3.82. The lowest BCUT2D eigenvalue weighted by Crippen LogP contribution is -2.07. The molecule has 124 valence electrons. The van der Waals surface area contributed by atoms with Gasteiger partial charge in [-0.15, -0.1) is 0 Å². The number of aryl methyl sites for hydroxylation is 1. The summed E-state index contributed by atoms with van der Waals surface area (Å²) in [6.45, 7) is 3.31. The maximum absolute atomic E-state index is 6.06. The average molecular weight is 433 g/mol. The molecule has 0 spiro atoms. The first kappa shape index (κ1) is 16.8. The van der Waals surface area contributed by atoms with E-state index in [-0.39, 0.29) is 0 Å². The highest BCUT2D eigenvalue weighted by molar-refractivity contribution is 14.1. The van der Waals surface area contributed by atoms with Gasteiger partial charge in [-0.25, -0.2) is 0 Å². The van der Waals surface area contributed by atoms with Crippen molar-refractivity contribution in [3.05, 3.63) is 75.0 Å². The minimum absolute atomic E-state index is 0.564. The molecular formula is C19H20IN3O. The standard InChI is InChI=1S/C19H20IN3O/c1-14-10-19(21-2)22-23(14)12-16-11-17(20)8-9-18(16)24-13-15-6-4-3-5-7-15/h3-11H,12-13H2,1-2H3,(H,21,22). The lowest BCUT2D eigenvalue weighted by atomic mass is 10.2. The van der Waals surface area contributed by atoms with Crippen LogP contribution in [0.2, 0.25) is 0 Å². The number of aromatic nitrogens is 2. The van der Waals surface area contributed by atoms with Crippen LogP contribution in [0.25, 0.3) is 0 Å². The van der Waals surface area contributed by atoms with Gasteiger partial charge in [-0.05, 0) is 53.3 Å². The van der Waals surface area contributed by atoms with Crippen LogP contribution in [-0.2, 0) is 13.2 Å². The molecule has 0 atom stereocenters. The Bertz CT molecular complexity index is 815. The topological polar surface area (TPSA) is 39.1 Å². The molecule has 0 fully saturated rings. The Labute approximate surface area is 156 Å². The number of anilines is 1. The molecule has 0 radical (unpaired) electrons. The number of nitrogens with one attached hydrogen (secondary N) is 1. The first-order valence-corrected chi connectivity index (χ1v) is 8.91. The van der Waals surface area contributed by atoms with Gasteiger partial charge < -0.3 is 10.1 Å². The van der Waals surface area contributed by atoms with Gasteiger partial charge in [0.15, 0.2) is 0 Å². The van der Waals surface area contributed by atoms with E-state index in [0.29, 0.717) is 13.2 Å². The lowest BCUT2D eigenvalue weighted by molar-refractivity contribution is 0.302. The summed E-state index contributed by atoms with van der Waals surface area (Å²) in [6, 6.07) is 18.5. The van der Waals surface area contributed by atoms with Gasteiger partial charge in [0.25, 0.3) is 0 Å². The molecule has 2 aromatic carbocycles. The Morgan fingerprint density at radius 3 is 2.62 bits per heavy atom. The van der Waals surface area contributed by atoms with Crippen molar-refractivity contribution in [1.29, 1.82) is 0 Å². The quantitative estimate of drug-likeness (QED) is 0.584. The molecule has 0 saturated heterocycles. The van der Waals surface area contributed by atoms with Crippen LogP contribution >= 0.6 is 22.6 Å². The van der Waals surface area contributed by atoms with Crippen molar-refractivity contribution >= 4 is 28.4 Å². The molecule has 1 heterocycles. The number of hydrogen-bond donors (Lipinski definition) is 1. The number of halogens is 1. The molecular weight excluding hydrogens is 413 g/mol. The van der Waals surface area contributed by atoms with E-state index in [1.807, 2.05) is 42.1 Å². The summed E-state index contributed by atoms with van der Waals surface area (Å²) < 4.78 is 9.24. The van der Waals surface area contributed by atoms with Crippen LogP contribution < -0.4 is 10.1 Å². The van der Waals surface area contributed by atoms with Crippen LogP contribution in [0.4, 0.5) is 5.82 Å². The first-order chi connectivity index (χ1) is 11.7. The summed E-state index contributed by atoms with van der Waals surface area (Å²) in [5.41, 5.74) is 3.41. The van der Waals surface area contributed by atoms with E-state index in [1.165, 1.54) is 3.57 Å². The monoisotopic (exact) mass is 433 g/mol. The van der Waals surface area contributed by atoms with Crippen LogP contribution in [0, 0.1) is 10.5 Å². The van der Waals surface area contributed by atoms with Crippen molar-refractivity contribution in [1.82, 2.24) is 9.78 Å². The van der Waals surface area contributed by atoms with Gasteiger partial charge in [0.1, 0.15) is 18.2 Å². The average Bonchev–Trinajstić information content (AvgIpc) is 2.95. The van der Waals surface area contributed by atoms with Gasteiger partial charge in [-0.1, -0.05) is 30.3 Å². The van der Waals surface area contributed by atoms with Crippen molar-refractivity contribution < 1.29 is 4.74 Å². The first-order valence-electron chi connectivity index (χ1n) is 7.83. The third-order valence-corrected chi connectivity index (χ3v) is 4.49. The Kier molecular flexibility index (Phi) is 5.40. The fourth-order valence-electron chi connectivity index (χ4n) is 2.50. The highest BCUT2D eigenvalue weighted by atomic mass is 127. The molecule has 0 unspecified atom stereocenters. The number of nitrogens with zero attached hydrogens (tertiary/aromatic N) is 2. The molecule has 3 rings (SSSR count). The number of rotatable bonds is 6. The molecule has 1 aromatic heterocycles. The van der Waals surface area contributed by atoms with E-state index in [2.05, 4.69) is 64.2 Å². The van der Waals surface area contributed by atoms with Crippen LogP contribution in [0.5, 0.6) is 5.75 Å². The fraction of sp³-hybridized carbons (Fsp3) is 0.211. The fourth-order valence-corrected chi connectivity index (χ4v) is 3.06. The summed E-state index contributed by atoms with van der Waals surface area (Å²) in [5, 5.41) is 7.64. The van der Waals surface area contributed by atoms with Crippen LogP contribution in [0.1, 0.15) is 16.8 Å². The smallest absolute Gasteiger partial charge is 0.148 e. The van der Waals surface area contributed by atoms with Crippen LogP contribution in [0.15, 0.2) is 54.6 Å². The Morgan fingerprint density at radius 2 is 1.92 bits per heavy atom. The lowest BCUT2D eigenvalue weighted by Gasteiger charge is -2.13. The predicted octanol–water partition coefficient (Wildman–Crippen LogP) is 4.47. The molecule has 4 nitrogen and oxygen atoms in total. The second-order valence-corrected chi connectivity index (χ2v) is 6.85. The minimum atomic E-state index is 0.564. The molecule has 0 aliphatic carbocycles. The van der Waals surface area contributed by atoms with Crippen molar-refractivity contribution in [2.24, 2.45) is 0 Å². The van der Waals surface area contributed by atoms with E-state index in [1.54, 1.807) is 0 Å². The molecule has 1 N–H and O–H groups in total. The summed E-state index contributed by atoms with van der Waals surface area (Å²) in [4.78, 5) is 0. The van der Waals surface area contributed by atoms with Gasteiger partial charge in [-0.2, -0.15) is 5.10 Å². The van der Waals surface area contributed by atoms with E-state index in [4.69, 9.17) is 4.74 Å². The molecule has 24 heavy (non-hydrogen) atoms. The van der Waals surface area contributed by atoms with Crippen molar-refractivity contribution in [2.45, 2.75) is 20.1 Å². The maximum Gasteiger partial charge on any atom is 0.148 e. The molecule has 0 aliphatic rings. The Balaban J connectivity index is 1.81. The van der Waals surface area contributed by atoms with Gasteiger partial charge in [0.05, 0.1) is 6.54 Å². The van der Waals surface area contributed by atoms with E-state index in [0.717, 1.165) is 28.4 Å². The Morgan fingerprint density at radius 1 is 1.12 bits per heavy atom. The molecule has 0 bridgehead atoms. The van der Waals surface area contributed by atoms with Gasteiger partial charge in [-0.3, -0.25) is 4.68 Å². The molecule has 0 aliphatic heterocycles. The predicted molar refractivity (Wildman–Crippen MR) is 106 cm³/mol. The summed E-state index contributed by atoms with van der Waals surface area (Å²) in [5.74, 6) is 1.78. The SMILES string of the molecule is CNc1cc(C)n(Cc2cc(I)ccc2OCc2ccccc2)n1. The molecule has 3 aromatic rings. The van der Waals surface area contributed by atoms with Crippen LogP contribution in [-0.4, -0.2) is 16.8 Å². The largest absolute Gasteiger partial charge is 0.489 e. The van der Waals surface area contributed by atoms with Crippen molar-refractivity contribution in [3.8, 4) is 5.75 Å². The van der Waals surface area contributed by atoms with Gasteiger partial charge in [0, 0.05) is 27.9 Å². The Hall–Kier alpha value is -2.02. The van der Waals surface area contributed by atoms with E-state index >= 15 is 0 Å². The molecule has 0 saturated carbocycles. The second kappa shape index (κ2) is 7.70. The normalized spacial score (nSPS) is 10.6. The maximum atomic E-state index is 6.06. The summed E-state index contributed by atoms with van der Waals surface area (Å²) in [6.07, 6.45) is 0. The zero-order valence-corrected chi connectivity index (χ0v) is 15.9. The summed E-state index contributed by atoms with van der Waals surface area (Å²) in [7, 11) is 1.88. The highest BCUT2D eigenvalue weighted by Gasteiger charge is 2.09. The highest BCUT2D eigenvalue weighted by Crippen LogP contribution is 2.24. The van der Waals surface area contributed by atoms with Crippen LogP contribution in [0.3, 0.4) is 0 Å². The summed E-state index contributed by atoms with van der Waals surface area (Å²) >= 11 is 2.33. The zero-order valence-electron chi connectivity index (χ0n) is 13.8. The van der Waals surface area contributed by atoms with Crippen molar-refractivity contribution in [3.63, 3.8) is 0 Å².